The maximum atomic E-state index is 9.10. The average Bonchev–Trinajstić information content (AvgIpc) is 2.64. The molecule has 19 heteroatoms. The molecule has 0 atom stereocenters. The fourth-order valence-electron chi connectivity index (χ4n) is 0.671. The first kappa shape index (κ1) is 48.2. The minimum atomic E-state index is -1.82. The van der Waals surface area contributed by atoms with Crippen LogP contribution in [0, 0.1) is 0 Å². The number of nitrogens with zero attached hydrogens (tertiary/aromatic N) is 1. The summed E-state index contributed by atoms with van der Waals surface area (Å²) in [4.78, 5) is 75.2. The van der Waals surface area contributed by atoms with Gasteiger partial charge in [0.2, 0.25) is 0 Å². The average molecular weight is 509 g/mol. The molecule has 0 aromatic rings. The third-order valence-corrected chi connectivity index (χ3v) is 2.07. The molecule has 0 aliphatic rings. The molecule has 0 aliphatic heterocycles. The van der Waals surface area contributed by atoms with Gasteiger partial charge in [0, 0.05) is 0 Å². The summed E-state index contributed by atoms with van der Waals surface area (Å²) in [5, 5.41) is 59.1. The monoisotopic (exact) mass is 509 g/mol. The van der Waals surface area contributed by atoms with E-state index in [0.29, 0.717) is 0 Å². The molecule has 0 aromatic carbocycles. The maximum absolute atomic E-state index is 9.10. The summed E-state index contributed by atoms with van der Waals surface area (Å²) in [6.07, 6.45) is 0. The molecule has 0 radical (unpaired) electrons. The smallest absolute Gasteiger partial charge is 1.00 e. The molecular formula is C14H25NNa2O16. The second-order valence-electron chi connectivity index (χ2n) is 4.06. The Morgan fingerprint density at radius 3 is 0.515 bits per heavy atom. The molecule has 0 heterocycles. The van der Waals surface area contributed by atoms with Crippen molar-refractivity contribution in [1.29, 1.82) is 0 Å². The molecule has 184 valence electrons. The van der Waals surface area contributed by atoms with Gasteiger partial charge in [-0.3, -0.25) is 0 Å². The van der Waals surface area contributed by atoms with Crippen LogP contribution >= 0.6 is 0 Å². The SMILES string of the molecule is CCN(CC)CC.O=C(O)C(=O)O.O=C(O)C(=O)O.O=C(O)C(=O)O.O=C(O)C(=O)O.[H-].[H-].[Na+].[Na+]. The van der Waals surface area contributed by atoms with Gasteiger partial charge in [-0.1, -0.05) is 20.8 Å². The second-order valence-corrected chi connectivity index (χ2v) is 4.06. The van der Waals surface area contributed by atoms with Crippen LogP contribution < -0.4 is 59.1 Å². The number of rotatable bonds is 3. The van der Waals surface area contributed by atoms with Gasteiger partial charge in [0.25, 0.3) is 0 Å². The van der Waals surface area contributed by atoms with Crippen molar-refractivity contribution in [3.8, 4) is 0 Å². The van der Waals surface area contributed by atoms with Gasteiger partial charge in [0.15, 0.2) is 0 Å². The van der Waals surface area contributed by atoms with E-state index in [0.717, 1.165) is 0 Å². The van der Waals surface area contributed by atoms with Crippen molar-refractivity contribution in [3.63, 3.8) is 0 Å². The van der Waals surface area contributed by atoms with Gasteiger partial charge in [-0.15, -0.1) is 0 Å². The van der Waals surface area contributed by atoms with E-state index in [1.165, 1.54) is 19.6 Å². The molecule has 0 saturated heterocycles. The summed E-state index contributed by atoms with van der Waals surface area (Å²) in [6.45, 7) is 10.1. The summed E-state index contributed by atoms with van der Waals surface area (Å²) in [7, 11) is 0. The molecule has 0 unspecified atom stereocenters. The van der Waals surface area contributed by atoms with Crippen molar-refractivity contribution in [1.82, 2.24) is 4.90 Å². The summed E-state index contributed by atoms with van der Waals surface area (Å²) < 4.78 is 0. The topological polar surface area (TPSA) is 302 Å². The van der Waals surface area contributed by atoms with Gasteiger partial charge >= 0.3 is 107 Å². The Labute approximate surface area is 233 Å². The first-order valence-electron chi connectivity index (χ1n) is 7.49. The maximum Gasteiger partial charge on any atom is 1.00 e. The summed E-state index contributed by atoms with van der Waals surface area (Å²) in [6, 6.07) is 0. The second kappa shape index (κ2) is 31.9. The number of aliphatic carboxylic acids is 8. The van der Waals surface area contributed by atoms with Gasteiger partial charge in [0.05, 0.1) is 0 Å². The van der Waals surface area contributed by atoms with Crippen LogP contribution in [0.4, 0.5) is 0 Å². The van der Waals surface area contributed by atoms with Gasteiger partial charge in [-0.2, -0.15) is 0 Å². The van der Waals surface area contributed by atoms with Crippen LogP contribution in [0.25, 0.3) is 0 Å². The Bertz CT molecular complexity index is 494. The van der Waals surface area contributed by atoms with Gasteiger partial charge in [-0.05, 0) is 19.6 Å². The van der Waals surface area contributed by atoms with Gasteiger partial charge in [-0.25, -0.2) is 38.4 Å². The van der Waals surface area contributed by atoms with Crippen molar-refractivity contribution < 1.29 is 141 Å². The van der Waals surface area contributed by atoms with Crippen LogP contribution in [0.15, 0.2) is 0 Å². The molecule has 17 nitrogen and oxygen atoms in total. The number of carbonyl (C=O) groups is 8. The fourth-order valence-corrected chi connectivity index (χ4v) is 0.671. The largest absolute Gasteiger partial charge is 1.00 e. The first-order chi connectivity index (χ1) is 13.9. The zero-order valence-corrected chi connectivity index (χ0v) is 22.4. The molecule has 0 aromatic heterocycles. The van der Waals surface area contributed by atoms with E-state index in [1.807, 2.05) is 0 Å². The van der Waals surface area contributed by atoms with E-state index in [2.05, 4.69) is 25.7 Å². The number of hydrogen-bond acceptors (Lipinski definition) is 9. The first-order valence-corrected chi connectivity index (χ1v) is 7.49. The number of carboxylic acid groups (broad SMARTS) is 8. The van der Waals surface area contributed by atoms with Crippen molar-refractivity contribution in [2.75, 3.05) is 19.6 Å². The molecule has 33 heavy (non-hydrogen) atoms. The fraction of sp³-hybridized carbons (Fsp3) is 0.429. The van der Waals surface area contributed by atoms with Crippen molar-refractivity contribution in [2.24, 2.45) is 0 Å². The van der Waals surface area contributed by atoms with Crippen molar-refractivity contribution >= 4 is 47.8 Å². The zero-order chi connectivity index (χ0) is 26.3. The Balaban J connectivity index is -0.0000000336. The standard InChI is InChI=1S/C6H15N.4C2H2O4.2Na.2H/c1-4-7(5-2)6-3;4*3-1(4)2(5)6;;;;/h4-6H2,1-3H3;4*(H,3,4)(H,5,6);;;;/q;;;;;2*+1;2*-1. The normalized spacial score (nSPS) is 7.52. The molecule has 0 saturated carbocycles. The third-order valence-electron chi connectivity index (χ3n) is 2.07. The molecule has 0 amide bonds. The van der Waals surface area contributed by atoms with Crippen LogP contribution in [0.1, 0.15) is 23.6 Å². The molecule has 8 N–H and O–H groups in total. The summed E-state index contributed by atoms with van der Waals surface area (Å²) >= 11 is 0. The molecule has 0 fully saturated rings. The van der Waals surface area contributed by atoms with Gasteiger partial charge in [0.1, 0.15) is 0 Å². The van der Waals surface area contributed by atoms with E-state index in [-0.39, 0.29) is 62.0 Å². The molecular weight excluding hydrogens is 484 g/mol. The Morgan fingerprint density at radius 2 is 0.515 bits per heavy atom. The van der Waals surface area contributed by atoms with Crippen molar-refractivity contribution in [3.05, 3.63) is 0 Å². The Kier molecular flexibility index (Phi) is 46.6. The van der Waals surface area contributed by atoms with Crippen LogP contribution in [0.3, 0.4) is 0 Å². The van der Waals surface area contributed by atoms with Gasteiger partial charge < -0.3 is 48.6 Å². The quantitative estimate of drug-likeness (QED) is 0.129. The molecule has 0 spiro atoms. The predicted octanol–water partition coefficient (Wildman–Crippen LogP) is -7.80. The van der Waals surface area contributed by atoms with Crippen LogP contribution in [-0.2, 0) is 38.4 Å². The third kappa shape index (κ3) is 58.7. The molecule has 0 rings (SSSR count). The predicted molar refractivity (Wildman–Crippen MR) is 96.8 cm³/mol. The van der Waals surface area contributed by atoms with Crippen LogP contribution in [-0.4, -0.2) is 113 Å². The number of hydrogen-bond donors (Lipinski definition) is 8. The van der Waals surface area contributed by atoms with Crippen LogP contribution in [0.5, 0.6) is 0 Å². The van der Waals surface area contributed by atoms with Crippen molar-refractivity contribution in [2.45, 2.75) is 20.8 Å². The number of carboxylic acids is 8. The summed E-state index contributed by atoms with van der Waals surface area (Å²) in [5.74, 6) is -14.6. The Hall–Kier alpha value is -2.28. The molecule has 0 bridgehead atoms. The van der Waals surface area contributed by atoms with E-state index in [1.54, 1.807) is 0 Å². The van der Waals surface area contributed by atoms with E-state index >= 15 is 0 Å². The van der Waals surface area contributed by atoms with Crippen LogP contribution in [0.2, 0.25) is 0 Å². The van der Waals surface area contributed by atoms with E-state index in [4.69, 9.17) is 79.2 Å². The minimum absolute atomic E-state index is 0. The molecule has 0 aliphatic carbocycles. The van der Waals surface area contributed by atoms with E-state index in [9.17, 15) is 0 Å². The zero-order valence-electron chi connectivity index (χ0n) is 20.4. The summed E-state index contributed by atoms with van der Waals surface area (Å²) in [5.41, 5.74) is 0. The Morgan fingerprint density at radius 1 is 0.424 bits per heavy atom. The minimum Gasteiger partial charge on any atom is -1.00 e. The van der Waals surface area contributed by atoms with E-state index < -0.39 is 47.8 Å².